The molecule has 0 aliphatic rings. The third-order valence-electron chi connectivity index (χ3n) is 4.94. The molecule has 1 aromatic heterocycles. The average Bonchev–Trinajstić information content (AvgIpc) is 2.82. The molecule has 0 spiro atoms. The first-order chi connectivity index (χ1) is 16.1. The highest BCUT2D eigenvalue weighted by Crippen LogP contribution is 2.19. The SMILES string of the molecule is CCCCCCOCc1ccc(C=NNc2nc(-c3ccccc3)c(C#N)c(=O)[nH]2)cc1F. The quantitative estimate of drug-likeness (QED) is 0.245. The third kappa shape index (κ3) is 6.82. The van der Waals surface area contributed by atoms with Gasteiger partial charge in [0.25, 0.3) is 5.56 Å². The number of H-pyrrole nitrogens is 1. The molecular weight excluding hydrogens is 421 g/mol. The van der Waals surface area contributed by atoms with Crippen LogP contribution in [0.4, 0.5) is 10.3 Å². The first kappa shape index (κ1) is 23.8. The molecule has 0 amide bonds. The average molecular weight is 448 g/mol. The number of nitrogens with zero attached hydrogens (tertiary/aromatic N) is 3. The standard InChI is InChI=1S/C25H26FN5O2/c1-2-3-4-8-13-33-17-20-12-11-18(14-22(20)26)16-28-31-25-29-23(19-9-6-5-7-10-19)21(15-27)24(32)30-25/h5-7,9-12,14,16H,2-4,8,13,17H2,1H3,(H2,29,30,31,32). The van der Waals surface area contributed by atoms with Crippen molar-refractivity contribution in [3.63, 3.8) is 0 Å². The normalized spacial score (nSPS) is 10.9. The molecule has 0 saturated carbocycles. The summed E-state index contributed by atoms with van der Waals surface area (Å²) in [5.74, 6) is -0.300. The van der Waals surface area contributed by atoms with Crippen molar-refractivity contribution in [3.8, 4) is 17.3 Å². The van der Waals surface area contributed by atoms with Gasteiger partial charge in [0.1, 0.15) is 17.4 Å². The molecule has 170 valence electrons. The Bertz CT molecular complexity index is 1190. The third-order valence-corrected chi connectivity index (χ3v) is 4.94. The molecule has 0 radical (unpaired) electrons. The molecule has 0 bridgehead atoms. The fourth-order valence-electron chi connectivity index (χ4n) is 3.18. The lowest BCUT2D eigenvalue weighted by atomic mass is 10.1. The van der Waals surface area contributed by atoms with Crippen molar-refractivity contribution >= 4 is 12.2 Å². The Morgan fingerprint density at radius 1 is 1.21 bits per heavy atom. The van der Waals surface area contributed by atoms with E-state index in [0.717, 1.165) is 19.3 Å². The van der Waals surface area contributed by atoms with Crippen LogP contribution in [0.3, 0.4) is 0 Å². The molecule has 0 unspecified atom stereocenters. The van der Waals surface area contributed by atoms with Crippen LogP contribution < -0.4 is 11.0 Å². The Hall–Kier alpha value is -3.83. The summed E-state index contributed by atoms with van der Waals surface area (Å²) in [6, 6.07) is 15.6. The number of nitriles is 1. The maximum atomic E-state index is 14.4. The minimum atomic E-state index is -0.575. The maximum Gasteiger partial charge on any atom is 0.270 e. The second-order valence-corrected chi connectivity index (χ2v) is 7.45. The molecule has 0 aliphatic carbocycles. The van der Waals surface area contributed by atoms with Gasteiger partial charge in [0.2, 0.25) is 5.95 Å². The lowest BCUT2D eigenvalue weighted by Crippen LogP contribution is -2.16. The number of hydrogen-bond donors (Lipinski definition) is 2. The highest BCUT2D eigenvalue weighted by molar-refractivity contribution is 5.80. The molecule has 8 heteroatoms. The number of anilines is 1. The van der Waals surface area contributed by atoms with Gasteiger partial charge >= 0.3 is 0 Å². The summed E-state index contributed by atoms with van der Waals surface area (Å²) in [6.45, 7) is 3.00. The number of hydrogen-bond acceptors (Lipinski definition) is 6. The van der Waals surface area contributed by atoms with E-state index in [9.17, 15) is 14.4 Å². The molecule has 3 aromatic rings. The Labute approximate surface area is 192 Å². The van der Waals surface area contributed by atoms with Crippen LogP contribution in [-0.2, 0) is 11.3 Å². The minimum absolute atomic E-state index is 0.0719. The molecule has 2 aromatic carbocycles. The number of aromatic nitrogens is 2. The zero-order chi connectivity index (χ0) is 23.5. The van der Waals surface area contributed by atoms with Crippen molar-refractivity contribution < 1.29 is 9.13 Å². The Balaban J connectivity index is 1.64. The first-order valence-corrected chi connectivity index (χ1v) is 10.9. The number of rotatable bonds is 11. The van der Waals surface area contributed by atoms with Crippen LogP contribution >= 0.6 is 0 Å². The zero-order valence-electron chi connectivity index (χ0n) is 18.5. The van der Waals surface area contributed by atoms with Crippen LogP contribution in [0.25, 0.3) is 11.3 Å². The summed E-state index contributed by atoms with van der Waals surface area (Å²) in [4.78, 5) is 19.1. The van der Waals surface area contributed by atoms with Gasteiger partial charge in [-0.2, -0.15) is 10.4 Å². The fourth-order valence-corrected chi connectivity index (χ4v) is 3.18. The predicted molar refractivity (Wildman–Crippen MR) is 126 cm³/mol. The zero-order valence-corrected chi connectivity index (χ0v) is 18.5. The number of aromatic amines is 1. The second kappa shape index (κ2) is 12.3. The van der Waals surface area contributed by atoms with E-state index >= 15 is 0 Å². The number of hydrazone groups is 1. The molecule has 7 nitrogen and oxygen atoms in total. The van der Waals surface area contributed by atoms with Gasteiger partial charge in [-0.05, 0) is 18.1 Å². The smallest absolute Gasteiger partial charge is 0.270 e. The van der Waals surface area contributed by atoms with Crippen LogP contribution in [-0.4, -0.2) is 22.8 Å². The summed E-state index contributed by atoms with van der Waals surface area (Å²) in [5, 5.41) is 13.4. The minimum Gasteiger partial charge on any atom is -0.377 e. The van der Waals surface area contributed by atoms with Gasteiger partial charge in [0, 0.05) is 17.7 Å². The van der Waals surface area contributed by atoms with E-state index in [1.807, 2.05) is 12.1 Å². The summed E-state index contributed by atoms with van der Waals surface area (Å²) in [7, 11) is 0. The van der Waals surface area contributed by atoms with Crippen LogP contribution in [0.2, 0.25) is 0 Å². The first-order valence-electron chi connectivity index (χ1n) is 10.9. The van der Waals surface area contributed by atoms with E-state index in [4.69, 9.17) is 4.74 Å². The number of benzene rings is 2. The summed E-state index contributed by atoms with van der Waals surface area (Å²) in [6.07, 6.45) is 5.85. The van der Waals surface area contributed by atoms with E-state index in [1.165, 1.54) is 18.7 Å². The monoisotopic (exact) mass is 447 g/mol. The summed E-state index contributed by atoms with van der Waals surface area (Å²) < 4.78 is 19.9. The molecule has 2 N–H and O–H groups in total. The van der Waals surface area contributed by atoms with Crippen molar-refractivity contribution in [1.29, 1.82) is 5.26 Å². The van der Waals surface area contributed by atoms with Crippen LogP contribution in [0.5, 0.6) is 0 Å². The van der Waals surface area contributed by atoms with E-state index in [1.54, 1.807) is 36.4 Å². The van der Waals surface area contributed by atoms with Crippen LogP contribution in [0.15, 0.2) is 58.4 Å². The van der Waals surface area contributed by atoms with Crippen molar-refractivity contribution in [1.82, 2.24) is 9.97 Å². The van der Waals surface area contributed by atoms with E-state index in [-0.39, 0.29) is 29.6 Å². The van der Waals surface area contributed by atoms with Gasteiger partial charge in [-0.1, -0.05) is 68.7 Å². The van der Waals surface area contributed by atoms with Crippen molar-refractivity contribution in [3.05, 3.63) is 81.4 Å². The van der Waals surface area contributed by atoms with Gasteiger partial charge in [0.15, 0.2) is 0 Å². The van der Waals surface area contributed by atoms with Gasteiger partial charge in [-0.15, -0.1) is 0 Å². The van der Waals surface area contributed by atoms with Crippen LogP contribution in [0, 0.1) is 17.1 Å². The van der Waals surface area contributed by atoms with Gasteiger partial charge in [-0.3, -0.25) is 9.78 Å². The number of nitrogens with one attached hydrogen (secondary N) is 2. The predicted octanol–water partition coefficient (Wildman–Crippen LogP) is 4.99. The summed E-state index contributed by atoms with van der Waals surface area (Å²) in [5.41, 5.74) is 3.89. The molecular formula is C25H26FN5O2. The van der Waals surface area contributed by atoms with Crippen LogP contribution in [0.1, 0.15) is 49.3 Å². The number of halogens is 1. The Morgan fingerprint density at radius 3 is 2.76 bits per heavy atom. The maximum absolute atomic E-state index is 14.4. The molecule has 1 heterocycles. The molecule has 0 saturated heterocycles. The molecule has 0 atom stereocenters. The van der Waals surface area contributed by atoms with E-state index < -0.39 is 5.56 Å². The molecule has 0 aliphatic heterocycles. The van der Waals surface area contributed by atoms with E-state index in [0.29, 0.717) is 23.3 Å². The van der Waals surface area contributed by atoms with E-state index in [2.05, 4.69) is 27.4 Å². The molecule has 33 heavy (non-hydrogen) atoms. The van der Waals surface area contributed by atoms with Crippen molar-refractivity contribution in [2.75, 3.05) is 12.0 Å². The van der Waals surface area contributed by atoms with Gasteiger partial charge in [0.05, 0.1) is 18.5 Å². The second-order valence-electron chi connectivity index (χ2n) is 7.45. The highest BCUT2D eigenvalue weighted by Gasteiger charge is 2.12. The lowest BCUT2D eigenvalue weighted by Gasteiger charge is -2.07. The largest absolute Gasteiger partial charge is 0.377 e. The van der Waals surface area contributed by atoms with Gasteiger partial charge < -0.3 is 4.74 Å². The van der Waals surface area contributed by atoms with Crippen molar-refractivity contribution in [2.45, 2.75) is 39.2 Å². The Morgan fingerprint density at radius 2 is 2.03 bits per heavy atom. The van der Waals surface area contributed by atoms with Crippen molar-refractivity contribution in [2.24, 2.45) is 5.10 Å². The molecule has 0 fully saturated rings. The Kier molecular flexibility index (Phi) is 8.86. The fraction of sp³-hybridized carbons (Fsp3) is 0.280. The van der Waals surface area contributed by atoms with Gasteiger partial charge in [-0.25, -0.2) is 14.8 Å². The number of ether oxygens (including phenoxy) is 1. The number of unbranched alkanes of at least 4 members (excludes halogenated alkanes) is 3. The summed E-state index contributed by atoms with van der Waals surface area (Å²) >= 11 is 0. The lowest BCUT2D eigenvalue weighted by molar-refractivity contribution is 0.114. The topological polar surface area (TPSA) is 103 Å². The molecule has 3 rings (SSSR count). The highest BCUT2D eigenvalue weighted by atomic mass is 19.1.